The van der Waals surface area contributed by atoms with Gasteiger partial charge in [-0.1, -0.05) is 0 Å². The second kappa shape index (κ2) is 15.9. The normalized spacial score (nSPS) is 24.4. The van der Waals surface area contributed by atoms with Crippen molar-refractivity contribution in [2.24, 2.45) is 5.92 Å². The predicted octanol–water partition coefficient (Wildman–Crippen LogP) is 4.59. The molecule has 4 aliphatic rings. The minimum absolute atomic E-state index is 0.0321. The highest BCUT2D eigenvalue weighted by molar-refractivity contribution is 4.91. The van der Waals surface area contributed by atoms with Crippen LogP contribution in [0.1, 0.15) is 94.9 Å². The van der Waals surface area contributed by atoms with E-state index < -0.39 is 0 Å². The molecular weight excluding hydrogens is 560 g/mol. The number of piperazine rings is 2. The van der Waals surface area contributed by atoms with E-state index in [1.165, 1.54) is 104 Å². The predicted molar refractivity (Wildman–Crippen MR) is 189 cm³/mol. The van der Waals surface area contributed by atoms with Crippen molar-refractivity contribution in [2.75, 3.05) is 111 Å². The highest BCUT2D eigenvalue weighted by Gasteiger charge is 2.35. The number of nitrogens with zero attached hydrogens (tertiary/aromatic N) is 6. The van der Waals surface area contributed by atoms with Crippen LogP contribution in [0.5, 0.6) is 0 Å². The lowest BCUT2D eigenvalue weighted by atomic mass is 9.89. The summed E-state index contributed by atoms with van der Waals surface area (Å²) in [4.78, 5) is 16.1. The zero-order chi connectivity index (χ0) is 32.9. The molecule has 0 atom stereocenters. The SMILES string of the molecule is CC(C)(C)OCCN1CCC(N2CCN(C(C)(C)CCC(C)(C)OCCN3CC(CN4CCN(C(C)(C)C)CC4)C3)CC2)CC1. The van der Waals surface area contributed by atoms with Gasteiger partial charge >= 0.3 is 0 Å². The lowest BCUT2D eigenvalue weighted by Crippen LogP contribution is -2.58. The summed E-state index contributed by atoms with van der Waals surface area (Å²) in [6, 6.07) is 0.758. The molecule has 4 fully saturated rings. The van der Waals surface area contributed by atoms with Crippen LogP contribution in [-0.2, 0) is 9.47 Å². The molecule has 8 nitrogen and oxygen atoms in total. The van der Waals surface area contributed by atoms with Crippen molar-refractivity contribution in [1.29, 1.82) is 0 Å². The lowest BCUT2D eigenvalue weighted by Gasteiger charge is -2.48. The van der Waals surface area contributed by atoms with Crippen LogP contribution in [0, 0.1) is 5.92 Å². The molecule has 0 amide bonds. The summed E-state index contributed by atoms with van der Waals surface area (Å²) in [5.74, 6) is 0.840. The first-order valence-electron chi connectivity index (χ1n) is 18.7. The van der Waals surface area contributed by atoms with Gasteiger partial charge in [0.15, 0.2) is 0 Å². The zero-order valence-electron chi connectivity index (χ0n) is 31.5. The smallest absolute Gasteiger partial charge is 0.0627 e. The highest BCUT2D eigenvalue weighted by Crippen LogP contribution is 2.29. The number of likely N-dealkylation sites (tertiary alicyclic amines) is 2. The fourth-order valence-electron chi connectivity index (χ4n) is 7.91. The fourth-order valence-corrected chi connectivity index (χ4v) is 7.91. The van der Waals surface area contributed by atoms with E-state index in [9.17, 15) is 0 Å². The largest absolute Gasteiger partial charge is 0.375 e. The summed E-state index contributed by atoms with van der Waals surface area (Å²) in [6.45, 7) is 42.7. The molecule has 0 N–H and O–H groups in total. The Hall–Kier alpha value is -0.320. The van der Waals surface area contributed by atoms with Crippen LogP contribution in [0.25, 0.3) is 0 Å². The van der Waals surface area contributed by atoms with Gasteiger partial charge in [0.2, 0.25) is 0 Å². The summed E-state index contributed by atoms with van der Waals surface area (Å²) in [7, 11) is 0. The summed E-state index contributed by atoms with van der Waals surface area (Å²) in [5, 5.41) is 0. The molecule has 45 heavy (non-hydrogen) atoms. The molecule has 0 spiro atoms. The van der Waals surface area contributed by atoms with Crippen LogP contribution >= 0.6 is 0 Å². The molecular formula is C37H74N6O2. The molecule has 4 heterocycles. The van der Waals surface area contributed by atoms with Crippen LogP contribution in [0.4, 0.5) is 0 Å². The summed E-state index contributed by atoms with van der Waals surface area (Å²) >= 11 is 0. The van der Waals surface area contributed by atoms with E-state index in [2.05, 4.69) is 98.6 Å². The van der Waals surface area contributed by atoms with E-state index in [4.69, 9.17) is 9.47 Å². The zero-order valence-corrected chi connectivity index (χ0v) is 31.5. The van der Waals surface area contributed by atoms with Crippen molar-refractivity contribution in [3.63, 3.8) is 0 Å². The number of rotatable bonds is 14. The molecule has 0 saturated carbocycles. The maximum atomic E-state index is 6.50. The van der Waals surface area contributed by atoms with Gasteiger partial charge in [-0.3, -0.25) is 14.7 Å². The Morgan fingerprint density at radius 1 is 0.556 bits per heavy atom. The van der Waals surface area contributed by atoms with E-state index in [0.29, 0.717) is 5.54 Å². The average Bonchev–Trinajstić information content (AvgIpc) is 2.94. The topological polar surface area (TPSA) is 37.9 Å². The van der Waals surface area contributed by atoms with E-state index in [-0.39, 0.29) is 16.7 Å². The van der Waals surface area contributed by atoms with Crippen LogP contribution < -0.4 is 0 Å². The van der Waals surface area contributed by atoms with Gasteiger partial charge in [0.05, 0.1) is 24.4 Å². The van der Waals surface area contributed by atoms with Gasteiger partial charge in [0, 0.05) is 102 Å². The fraction of sp³-hybridized carbons (Fsp3) is 1.00. The van der Waals surface area contributed by atoms with Crippen molar-refractivity contribution < 1.29 is 9.47 Å². The molecule has 0 radical (unpaired) electrons. The summed E-state index contributed by atoms with van der Waals surface area (Å²) in [6.07, 6.45) is 4.90. The third-order valence-corrected chi connectivity index (χ3v) is 11.3. The van der Waals surface area contributed by atoms with Gasteiger partial charge in [-0.15, -0.1) is 0 Å². The van der Waals surface area contributed by atoms with Gasteiger partial charge in [-0.25, -0.2) is 0 Å². The van der Waals surface area contributed by atoms with Gasteiger partial charge < -0.3 is 24.2 Å². The molecule has 4 saturated heterocycles. The van der Waals surface area contributed by atoms with Crippen LogP contribution in [-0.4, -0.2) is 169 Å². The van der Waals surface area contributed by atoms with Crippen molar-refractivity contribution in [3.05, 3.63) is 0 Å². The molecule has 4 aliphatic heterocycles. The second-order valence-corrected chi connectivity index (χ2v) is 18.1. The number of hydrogen-bond donors (Lipinski definition) is 0. The molecule has 0 aliphatic carbocycles. The first-order chi connectivity index (χ1) is 21.0. The number of piperidine rings is 1. The van der Waals surface area contributed by atoms with Gasteiger partial charge in [-0.05, 0) is 114 Å². The van der Waals surface area contributed by atoms with Crippen molar-refractivity contribution >= 4 is 0 Å². The molecule has 4 rings (SSSR count). The van der Waals surface area contributed by atoms with E-state index >= 15 is 0 Å². The molecule has 8 heteroatoms. The Morgan fingerprint density at radius 2 is 1.11 bits per heavy atom. The minimum atomic E-state index is -0.0675. The highest BCUT2D eigenvalue weighted by atomic mass is 16.5. The monoisotopic (exact) mass is 635 g/mol. The van der Waals surface area contributed by atoms with E-state index in [1.54, 1.807) is 0 Å². The standard InChI is InChI=1S/C37H74N6O2/c1-34(2,3)42-21-17-39(18-22-42)29-32-30-40(31-32)26-28-45-37(9,10)14-13-36(7,8)43-23-19-41(20-24-43)33-11-15-38(16-12-33)25-27-44-35(4,5)6/h32-33H,11-31H2,1-10H3. The third-order valence-electron chi connectivity index (χ3n) is 11.3. The Labute approximate surface area is 279 Å². The van der Waals surface area contributed by atoms with Crippen LogP contribution in [0.2, 0.25) is 0 Å². The number of hydrogen-bond acceptors (Lipinski definition) is 8. The summed E-state index contributed by atoms with van der Waals surface area (Å²) in [5.41, 5.74) is 0.420. The molecule has 0 bridgehead atoms. The quantitative estimate of drug-likeness (QED) is 0.275. The van der Waals surface area contributed by atoms with Gasteiger partial charge in [0.25, 0.3) is 0 Å². The molecule has 0 aromatic rings. The molecule has 0 aromatic heterocycles. The van der Waals surface area contributed by atoms with Crippen molar-refractivity contribution in [3.8, 4) is 0 Å². The van der Waals surface area contributed by atoms with Crippen LogP contribution in [0.3, 0.4) is 0 Å². The Kier molecular flexibility index (Phi) is 13.3. The lowest BCUT2D eigenvalue weighted by molar-refractivity contribution is -0.0574. The van der Waals surface area contributed by atoms with Gasteiger partial charge in [-0.2, -0.15) is 0 Å². The van der Waals surface area contributed by atoms with E-state index in [1.807, 2.05) is 0 Å². The van der Waals surface area contributed by atoms with Crippen LogP contribution in [0.15, 0.2) is 0 Å². The third kappa shape index (κ3) is 12.3. The van der Waals surface area contributed by atoms with Crippen molar-refractivity contribution in [2.45, 2.75) is 123 Å². The Morgan fingerprint density at radius 3 is 1.69 bits per heavy atom. The average molecular weight is 635 g/mol. The minimum Gasteiger partial charge on any atom is -0.375 e. The molecule has 264 valence electrons. The summed E-state index contributed by atoms with van der Waals surface area (Å²) < 4.78 is 12.5. The Bertz CT molecular complexity index is 853. The van der Waals surface area contributed by atoms with Crippen molar-refractivity contribution in [1.82, 2.24) is 29.4 Å². The maximum absolute atomic E-state index is 6.50. The van der Waals surface area contributed by atoms with Gasteiger partial charge in [0.1, 0.15) is 0 Å². The molecule has 0 unspecified atom stereocenters. The van der Waals surface area contributed by atoms with E-state index in [0.717, 1.165) is 44.7 Å². The second-order valence-electron chi connectivity index (χ2n) is 18.1. The first-order valence-corrected chi connectivity index (χ1v) is 18.7. The Balaban J connectivity index is 1.05. The number of ether oxygens (including phenoxy) is 2. The maximum Gasteiger partial charge on any atom is 0.0627 e. The molecule has 0 aromatic carbocycles. The first kappa shape index (κ1) is 37.5.